The van der Waals surface area contributed by atoms with Crippen LogP contribution in [0, 0.1) is 0 Å². The zero-order valence-electron chi connectivity index (χ0n) is 12.0. The molecule has 0 unspecified atom stereocenters. The summed E-state index contributed by atoms with van der Waals surface area (Å²) in [5.74, 6) is -2.06. The van der Waals surface area contributed by atoms with Gasteiger partial charge >= 0.3 is 5.97 Å². The molecule has 2 amide bonds. The number of benzene rings is 1. The first-order valence-corrected chi connectivity index (χ1v) is 6.33. The van der Waals surface area contributed by atoms with Gasteiger partial charge in [-0.3, -0.25) is 14.3 Å². The third-order valence-corrected chi connectivity index (χ3v) is 2.83. The molecule has 2 rings (SSSR count). The van der Waals surface area contributed by atoms with E-state index in [9.17, 15) is 14.4 Å². The number of nitrogens with zero attached hydrogens (tertiary/aromatic N) is 2. The third-order valence-electron chi connectivity index (χ3n) is 2.83. The molecule has 1 aromatic heterocycles. The van der Waals surface area contributed by atoms with Crippen LogP contribution < -0.4 is 10.6 Å². The lowest BCUT2D eigenvalue weighted by Gasteiger charge is -2.08. The summed E-state index contributed by atoms with van der Waals surface area (Å²) in [6.07, 6.45) is 1.12. The lowest BCUT2D eigenvalue weighted by Crippen LogP contribution is -2.19. The number of carbonyl (C=O) groups excluding carboxylic acids is 2. The summed E-state index contributed by atoms with van der Waals surface area (Å²) in [5.41, 5.74) is 0.706. The standard InChI is InChI=1S/C14H14N4O4/c1-8(19)16-9-4-3-5-10(6-9)17-13(20)12-11(14(21)22)7-15-18(12)2/h3-7H,1-2H3,(H,16,19)(H,17,20)(H,21,22). The van der Waals surface area contributed by atoms with Crippen LogP contribution in [-0.4, -0.2) is 32.7 Å². The van der Waals surface area contributed by atoms with E-state index < -0.39 is 11.9 Å². The van der Waals surface area contributed by atoms with E-state index in [0.717, 1.165) is 6.20 Å². The van der Waals surface area contributed by atoms with E-state index in [1.807, 2.05) is 0 Å². The van der Waals surface area contributed by atoms with Crippen LogP contribution in [0.4, 0.5) is 11.4 Å². The Kier molecular flexibility index (Phi) is 4.21. The fourth-order valence-corrected chi connectivity index (χ4v) is 1.93. The number of rotatable bonds is 4. The highest BCUT2D eigenvalue weighted by Gasteiger charge is 2.21. The van der Waals surface area contributed by atoms with Gasteiger partial charge in [0, 0.05) is 25.3 Å². The Morgan fingerprint density at radius 1 is 1.18 bits per heavy atom. The third kappa shape index (κ3) is 3.29. The van der Waals surface area contributed by atoms with Crippen molar-refractivity contribution in [2.24, 2.45) is 7.05 Å². The Balaban J connectivity index is 2.24. The minimum Gasteiger partial charge on any atom is -0.478 e. The Labute approximate surface area is 125 Å². The van der Waals surface area contributed by atoms with Crippen LogP contribution in [0.2, 0.25) is 0 Å². The molecule has 1 heterocycles. The molecule has 0 fully saturated rings. The van der Waals surface area contributed by atoms with Crippen LogP contribution in [-0.2, 0) is 11.8 Å². The number of anilines is 2. The van der Waals surface area contributed by atoms with Crippen molar-refractivity contribution in [1.29, 1.82) is 0 Å². The summed E-state index contributed by atoms with van der Waals surface area (Å²) in [6.45, 7) is 1.38. The molecular formula is C14H14N4O4. The molecule has 8 heteroatoms. The van der Waals surface area contributed by atoms with E-state index >= 15 is 0 Å². The first-order chi connectivity index (χ1) is 10.4. The number of aryl methyl sites for hydroxylation is 1. The van der Waals surface area contributed by atoms with E-state index in [4.69, 9.17) is 5.11 Å². The maximum Gasteiger partial charge on any atom is 0.339 e. The summed E-state index contributed by atoms with van der Waals surface area (Å²) in [4.78, 5) is 34.3. The number of nitrogens with one attached hydrogen (secondary N) is 2. The minimum atomic E-state index is -1.23. The molecule has 3 N–H and O–H groups in total. The zero-order valence-corrected chi connectivity index (χ0v) is 12.0. The number of aromatic carboxylic acids is 1. The van der Waals surface area contributed by atoms with Gasteiger partial charge in [-0.1, -0.05) is 6.07 Å². The maximum atomic E-state index is 12.2. The van der Waals surface area contributed by atoms with E-state index in [1.54, 1.807) is 24.3 Å². The Morgan fingerprint density at radius 3 is 2.41 bits per heavy atom. The van der Waals surface area contributed by atoms with Crippen LogP contribution in [0.3, 0.4) is 0 Å². The molecule has 22 heavy (non-hydrogen) atoms. The lowest BCUT2D eigenvalue weighted by molar-refractivity contribution is -0.114. The summed E-state index contributed by atoms with van der Waals surface area (Å²) in [6, 6.07) is 6.52. The van der Waals surface area contributed by atoms with Gasteiger partial charge in [0.2, 0.25) is 5.91 Å². The van der Waals surface area contributed by atoms with Crippen molar-refractivity contribution in [3.8, 4) is 0 Å². The van der Waals surface area contributed by atoms with E-state index in [2.05, 4.69) is 15.7 Å². The Hall–Kier alpha value is -3.16. The van der Waals surface area contributed by atoms with Crippen molar-refractivity contribution in [3.05, 3.63) is 41.7 Å². The fourth-order valence-electron chi connectivity index (χ4n) is 1.93. The number of carbonyl (C=O) groups is 3. The second kappa shape index (κ2) is 6.08. The average molecular weight is 302 g/mol. The predicted octanol–water partition coefficient (Wildman–Crippen LogP) is 1.33. The highest BCUT2D eigenvalue weighted by atomic mass is 16.4. The van der Waals surface area contributed by atoms with Crippen LogP contribution in [0.15, 0.2) is 30.5 Å². The molecule has 0 saturated heterocycles. The number of aromatic nitrogens is 2. The predicted molar refractivity (Wildman–Crippen MR) is 78.9 cm³/mol. The maximum absolute atomic E-state index is 12.2. The van der Waals surface area contributed by atoms with Crippen molar-refractivity contribution < 1.29 is 19.5 Å². The molecule has 0 aliphatic rings. The summed E-state index contributed by atoms with van der Waals surface area (Å²) in [5, 5.41) is 18.0. The van der Waals surface area contributed by atoms with Gasteiger partial charge in [0.15, 0.2) is 0 Å². The van der Waals surface area contributed by atoms with E-state index in [1.165, 1.54) is 18.7 Å². The second-order valence-corrected chi connectivity index (χ2v) is 4.55. The minimum absolute atomic E-state index is 0.0579. The van der Waals surface area contributed by atoms with Crippen molar-refractivity contribution in [2.75, 3.05) is 10.6 Å². The van der Waals surface area contributed by atoms with Crippen LogP contribution in [0.25, 0.3) is 0 Å². The van der Waals surface area contributed by atoms with Gasteiger partial charge in [0.05, 0.1) is 6.20 Å². The molecule has 0 aliphatic carbocycles. The smallest absolute Gasteiger partial charge is 0.339 e. The highest BCUT2D eigenvalue weighted by Crippen LogP contribution is 2.17. The SMILES string of the molecule is CC(=O)Nc1cccc(NC(=O)c2c(C(=O)O)cnn2C)c1. The number of carboxylic acids is 1. The van der Waals surface area contributed by atoms with Crippen molar-refractivity contribution in [3.63, 3.8) is 0 Å². The average Bonchev–Trinajstić information content (AvgIpc) is 2.80. The topological polar surface area (TPSA) is 113 Å². The summed E-state index contributed by atoms with van der Waals surface area (Å²) in [7, 11) is 1.48. The number of hydrogen-bond donors (Lipinski definition) is 3. The number of carboxylic acid groups (broad SMARTS) is 1. The Bertz CT molecular complexity index is 751. The normalized spacial score (nSPS) is 10.1. The van der Waals surface area contributed by atoms with Gasteiger partial charge in [-0.25, -0.2) is 4.79 Å². The van der Waals surface area contributed by atoms with Gasteiger partial charge in [-0.2, -0.15) is 5.10 Å². The van der Waals surface area contributed by atoms with Gasteiger partial charge < -0.3 is 15.7 Å². The first kappa shape index (κ1) is 15.2. The lowest BCUT2D eigenvalue weighted by atomic mass is 10.2. The quantitative estimate of drug-likeness (QED) is 0.788. The molecular weight excluding hydrogens is 288 g/mol. The molecule has 0 aliphatic heterocycles. The molecule has 114 valence electrons. The van der Waals surface area contributed by atoms with E-state index in [0.29, 0.717) is 11.4 Å². The molecule has 0 saturated carbocycles. The molecule has 0 spiro atoms. The molecule has 8 nitrogen and oxygen atoms in total. The van der Waals surface area contributed by atoms with Crippen LogP contribution in [0.1, 0.15) is 27.8 Å². The summed E-state index contributed by atoms with van der Waals surface area (Å²) < 4.78 is 1.19. The van der Waals surface area contributed by atoms with Crippen LogP contribution in [0.5, 0.6) is 0 Å². The van der Waals surface area contributed by atoms with Gasteiger partial charge in [-0.15, -0.1) is 0 Å². The van der Waals surface area contributed by atoms with Gasteiger partial charge in [0.1, 0.15) is 11.3 Å². The van der Waals surface area contributed by atoms with E-state index in [-0.39, 0.29) is 17.2 Å². The fraction of sp³-hybridized carbons (Fsp3) is 0.143. The summed E-state index contributed by atoms with van der Waals surface area (Å²) >= 11 is 0. The van der Waals surface area contributed by atoms with Gasteiger partial charge in [0.25, 0.3) is 5.91 Å². The number of amides is 2. The molecule has 0 bridgehead atoms. The second-order valence-electron chi connectivity index (χ2n) is 4.55. The molecule has 0 radical (unpaired) electrons. The highest BCUT2D eigenvalue weighted by molar-refractivity contribution is 6.09. The van der Waals surface area contributed by atoms with Crippen molar-refractivity contribution in [1.82, 2.24) is 9.78 Å². The monoisotopic (exact) mass is 302 g/mol. The van der Waals surface area contributed by atoms with Crippen molar-refractivity contribution in [2.45, 2.75) is 6.92 Å². The Morgan fingerprint density at radius 2 is 1.82 bits per heavy atom. The molecule has 2 aromatic rings. The van der Waals surface area contributed by atoms with Gasteiger partial charge in [-0.05, 0) is 18.2 Å². The zero-order chi connectivity index (χ0) is 16.3. The number of hydrogen-bond acceptors (Lipinski definition) is 4. The first-order valence-electron chi connectivity index (χ1n) is 6.33. The van der Waals surface area contributed by atoms with Crippen LogP contribution >= 0.6 is 0 Å². The molecule has 1 aromatic carbocycles. The van der Waals surface area contributed by atoms with Crippen molar-refractivity contribution >= 4 is 29.2 Å². The molecule has 0 atom stereocenters. The largest absolute Gasteiger partial charge is 0.478 e.